The Morgan fingerprint density at radius 2 is 2.06 bits per heavy atom. The first kappa shape index (κ1) is 24.4. The number of hydrogen-bond donors (Lipinski definition) is 3. The number of nitrogens with zero attached hydrogens (tertiary/aromatic N) is 3. The zero-order chi connectivity index (χ0) is 24.6. The highest BCUT2D eigenvalue weighted by molar-refractivity contribution is 5.94. The van der Waals surface area contributed by atoms with E-state index in [0.717, 1.165) is 61.1 Å². The summed E-state index contributed by atoms with van der Waals surface area (Å²) in [6.45, 7) is 4.38. The van der Waals surface area contributed by atoms with Crippen LogP contribution in [0.25, 0.3) is 11.3 Å². The summed E-state index contributed by atoms with van der Waals surface area (Å²) in [5.41, 5.74) is 3.38. The van der Waals surface area contributed by atoms with E-state index in [0.29, 0.717) is 17.4 Å². The number of carbonyl (C=O) groups excluding carboxylic acids is 1. The van der Waals surface area contributed by atoms with Crippen molar-refractivity contribution in [2.24, 2.45) is 0 Å². The van der Waals surface area contributed by atoms with Crippen LogP contribution in [0.2, 0.25) is 0 Å². The molecule has 1 aliphatic rings. The average Bonchev–Trinajstić information content (AvgIpc) is 3.41. The second-order valence-corrected chi connectivity index (χ2v) is 8.58. The molecule has 1 saturated heterocycles. The van der Waals surface area contributed by atoms with Gasteiger partial charge in [-0.15, -0.1) is 0 Å². The zero-order valence-electron chi connectivity index (χ0n) is 20.4. The highest BCUT2D eigenvalue weighted by atomic mass is 16.5. The molecule has 1 amide bonds. The molecule has 0 saturated carbocycles. The minimum atomic E-state index is -0.131. The second-order valence-electron chi connectivity index (χ2n) is 8.58. The van der Waals surface area contributed by atoms with Gasteiger partial charge in [-0.05, 0) is 48.6 Å². The van der Waals surface area contributed by atoms with E-state index in [2.05, 4.69) is 37.8 Å². The minimum Gasteiger partial charge on any atom is -0.496 e. The fraction of sp³-hybridized carbons (Fsp3) is 0.385. The van der Waals surface area contributed by atoms with Crippen molar-refractivity contribution in [3.8, 4) is 17.0 Å². The summed E-state index contributed by atoms with van der Waals surface area (Å²) in [6.07, 6.45) is 5.24. The number of rotatable bonds is 10. The zero-order valence-corrected chi connectivity index (χ0v) is 20.4. The van der Waals surface area contributed by atoms with Crippen molar-refractivity contribution >= 4 is 17.5 Å². The number of aromatic nitrogens is 3. The Hall–Kier alpha value is -3.72. The van der Waals surface area contributed by atoms with Gasteiger partial charge in [-0.25, -0.2) is 15.0 Å². The molecular formula is C26H32N6O3. The van der Waals surface area contributed by atoms with Crippen LogP contribution >= 0.6 is 0 Å². The third-order valence-corrected chi connectivity index (χ3v) is 6.15. The van der Waals surface area contributed by atoms with Gasteiger partial charge in [-0.1, -0.05) is 13.0 Å². The molecule has 0 bridgehead atoms. The number of carbonyl (C=O) groups is 1. The third kappa shape index (κ3) is 6.24. The highest BCUT2D eigenvalue weighted by Crippen LogP contribution is 2.30. The molecule has 9 nitrogen and oxygen atoms in total. The van der Waals surface area contributed by atoms with Crippen molar-refractivity contribution in [2.45, 2.75) is 31.7 Å². The molecule has 3 aromatic rings. The van der Waals surface area contributed by atoms with Crippen LogP contribution < -0.4 is 20.7 Å². The summed E-state index contributed by atoms with van der Waals surface area (Å²) >= 11 is 0. The predicted octanol–water partition coefficient (Wildman–Crippen LogP) is 3.71. The number of nitrogens with one attached hydrogen (secondary N) is 3. The fourth-order valence-corrected chi connectivity index (χ4v) is 4.08. The van der Waals surface area contributed by atoms with Crippen molar-refractivity contribution in [3.63, 3.8) is 0 Å². The lowest BCUT2D eigenvalue weighted by molar-refractivity contribution is 0.0962. The Balaban J connectivity index is 1.34. The number of benzene rings is 1. The van der Waals surface area contributed by atoms with Gasteiger partial charge >= 0.3 is 0 Å². The van der Waals surface area contributed by atoms with Gasteiger partial charge in [0.15, 0.2) is 0 Å². The molecule has 1 unspecified atom stereocenters. The van der Waals surface area contributed by atoms with E-state index in [1.165, 1.54) is 0 Å². The van der Waals surface area contributed by atoms with E-state index in [4.69, 9.17) is 9.47 Å². The van der Waals surface area contributed by atoms with Crippen molar-refractivity contribution in [2.75, 3.05) is 44.5 Å². The predicted molar refractivity (Wildman–Crippen MR) is 136 cm³/mol. The Morgan fingerprint density at radius 1 is 1.17 bits per heavy atom. The van der Waals surface area contributed by atoms with E-state index in [1.54, 1.807) is 26.6 Å². The number of pyridine rings is 1. The topological polar surface area (TPSA) is 110 Å². The van der Waals surface area contributed by atoms with Gasteiger partial charge in [0.05, 0.1) is 25.5 Å². The van der Waals surface area contributed by atoms with Crippen LogP contribution in [0.1, 0.15) is 41.6 Å². The lowest BCUT2D eigenvalue weighted by Crippen LogP contribution is -2.19. The first-order valence-electron chi connectivity index (χ1n) is 11.8. The lowest BCUT2D eigenvalue weighted by Gasteiger charge is -2.17. The molecule has 1 aromatic carbocycles. The monoisotopic (exact) mass is 476 g/mol. The normalized spacial score (nSPS) is 15.9. The van der Waals surface area contributed by atoms with E-state index in [-0.39, 0.29) is 11.8 Å². The molecular weight excluding hydrogens is 444 g/mol. The molecule has 9 heteroatoms. The molecule has 35 heavy (non-hydrogen) atoms. The van der Waals surface area contributed by atoms with Gasteiger partial charge in [0, 0.05) is 43.6 Å². The maximum Gasteiger partial charge on any atom is 0.251 e. The molecule has 0 aliphatic carbocycles. The molecule has 3 N–H and O–H groups in total. The summed E-state index contributed by atoms with van der Waals surface area (Å²) in [5.74, 6) is 2.41. The van der Waals surface area contributed by atoms with E-state index in [9.17, 15) is 4.79 Å². The largest absolute Gasteiger partial charge is 0.496 e. The minimum absolute atomic E-state index is 0.131. The standard InChI is InChI=1S/C26H32N6O3/c1-17(21-6-4-18(26(33)27-2)12-23(21)34-3)8-10-28-25-13-22(30-16-31-25)19-5-7-24(29-14-19)32-20-9-11-35-15-20/h4-7,12-14,16-17,20H,8-11,15H2,1-3H3,(H,27,33)(H,29,32)(H,28,30,31)/t17?,20-/m1/s1. The van der Waals surface area contributed by atoms with Gasteiger partial charge in [0.25, 0.3) is 5.91 Å². The van der Waals surface area contributed by atoms with Gasteiger partial charge in [0.1, 0.15) is 23.7 Å². The lowest BCUT2D eigenvalue weighted by atomic mass is 9.95. The van der Waals surface area contributed by atoms with Crippen LogP contribution in [-0.2, 0) is 4.74 Å². The van der Waals surface area contributed by atoms with E-state index < -0.39 is 0 Å². The van der Waals surface area contributed by atoms with Crippen LogP contribution in [0, 0.1) is 0 Å². The molecule has 0 radical (unpaired) electrons. The number of ether oxygens (including phenoxy) is 2. The molecule has 1 fully saturated rings. The van der Waals surface area contributed by atoms with Crippen LogP contribution in [0.15, 0.2) is 48.9 Å². The summed E-state index contributed by atoms with van der Waals surface area (Å²) < 4.78 is 10.9. The third-order valence-electron chi connectivity index (χ3n) is 6.15. The SMILES string of the molecule is CNC(=O)c1ccc(C(C)CCNc2cc(-c3ccc(N[C@@H]4CCOC4)nc3)ncn2)c(OC)c1. The first-order chi connectivity index (χ1) is 17.1. The number of amides is 1. The Kier molecular flexibility index (Phi) is 8.10. The van der Waals surface area contributed by atoms with Crippen LogP contribution in [0.5, 0.6) is 5.75 Å². The maximum atomic E-state index is 11.9. The Labute approximate surface area is 205 Å². The van der Waals surface area contributed by atoms with Gasteiger partial charge in [-0.2, -0.15) is 0 Å². The van der Waals surface area contributed by atoms with Crippen molar-refractivity contribution < 1.29 is 14.3 Å². The van der Waals surface area contributed by atoms with Gasteiger partial charge in [-0.3, -0.25) is 4.79 Å². The Morgan fingerprint density at radius 3 is 2.77 bits per heavy atom. The number of methoxy groups -OCH3 is 1. The van der Waals surface area contributed by atoms with Gasteiger partial charge in [0.2, 0.25) is 0 Å². The average molecular weight is 477 g/mol. The molecule has 1 aliphatic heterocycles. The van der Waals surface area contributed by atoms with Crippen LogP contribution in [0.4, 0.5) is 11.6 Å². The Bertz CT molecular complexity index is 1130. The smallest absolute Gasteiger partial charge is 0.251 e. The first-order valence-corrected chi connectivity index (χ1v) is 11.8. The van der Waals surface area contributed by atoms with Gasteiger partial charge < -0.3 is 25.4 Å². The van der Waals surface area contributed by atoms with E-state index in [1.807, 2.05) is 36.5 Å². The number of hydrogen-bond acceptors (Lipinski definition) is 8. The summed E-state index contributed by atoms with van der Waals surface area (Å²) in [7, 11) is 3.24. The maximum absolute atomic E-state index is 11.9. The molecule has 2 aromatic heterocycles. The summed E-state index contributed by atoms with van der Waals surface area (Å²) in [6, 6.07) is 11.8. The van der Waals surface area contributed by atoms with E-state index >= 15 is 0 Å². The molecule has 2 atom stereocenters. The number of anilines is 2. The molecule has 3 heterocycles. The fourth-order valence-electron chi connectivity index (χ4n) is 4.08. The van der Waals surface area contributed by atoms with Crippen molar-refractivity contribution in [1.29, 1.82) is 0 Å². The highest BCUT2D eigenvalue weighted by Gasteiger charge is 2.16. The summed E-state index contributed by atoms with van der Waals surface area (Å²) in [5, 5.41) is 9.42. The van der Waals surface area contributed by atoms with Crippen molar-refractivity contribution in [1.82, 2.24) is 20.3 Å². The van der Waals surface area contributed by atoms with Crippen LogP contribution in [-0.4, -0.2) is 60.8 Å². The summed E-state index contributed by atoms with van der Waals surface area (Å²) in [4.78, 5) is 25.2. The van der Waals surface area contributed by atoms with Crippen LogP contribution in [0.3, 0.4) is 0 Å². The quantitative estimate of drug-likeness (QED) is 0.406. The molecule has 0 spiro atoms. The second kappa shape index (κ2) is 11.6. The molecule has 184 valence electrons. The molecule has 4 rings (SSSR count). The van der Waals surface area contributed by atoms with Crippen molar-refractivity contribution in [3.05, 3.63) is 60.0 Å².